The van der Waals surface area contributed by atoms with Crippen LogP contribution in [0.2, 0.25) is 0 Å². The van der Waals surface area contributed by atoms with Gasteiger partial charge in [0.2, 0.25) is 0 Å². The van der Waals surface area contributed by atoms with Gasteiger partial charge in [-0.3, -0.25) is 4.90 Å². The van der Waals surface area contributed by atoms with Gasteiger partial charge < -0.3 is 10.1 Å². The van der Waals surface area contributed by atoms with E-state index >= 15 is 0 Å². The highest BCUT2D eigenvalue weighted by molar-refractivity contribution is 4.85. The van der Waals surface area contributed by atoms with Crippen LogP contribution in [0.3, 0.4) is 0 Å². The molecular formula is C13H28N2O. The second kappa shape index (κ2) is 7.25. The van der Waals surface area contributed by atoms with E-state index in [9.17, 15) is 0 Å². The Bertz CT molecular complexity index is 187. The molecule has 0 aromatic heterocycles. The minimum Gasteiger partial charge on any atom is -0.383 e. The van der Waals surface area contributed by atoms with Gasteiger partial charge in [0.25, 0.3) is 0 Å². The van der Waals surface area contributed by atoms with E-state index in [1.54, 1.807) is 7.11 Å². The molecule has 3 atom stereocenters. The zero-order valence-electron chi connectivity index (χ0n) is 11.3. The average molecular weight is 228 g/mol. The van der Waals surface area contributed by atoms with Crippen molar-refractivity contribution in [3.05, 3.63) is 0 Å². The van der Waals surface area contributed by atoms with E-state index in [0.717, 1.165) is 25.6 Å². The summed E-state index contributed by atoms with van der Waals surface area (Å²) in [6, 6.07) is 1.25. The first-order chi connectivity index (χ1) is 7.72. The van der Waals surface area contributed by atoms with Crippen LogP contribution in [0.25, 0.3) is 0 Å². The lowest BCUT2D eigenvalue weighted by molar-refractivity contribution is 0.0592. The number of methoxy groups -OCH3 is 1. The zero-order chi connectivity index (χ0) is 12.0. The van der Waals surface area contributed by atoms with Gasteiger partial charge in [0.05, 0.1) is 6.61 Å². The fourth-order valence-electron chi connectivity index (χ4n) is 2.47. The largest absolute Gasteiger partial charge is 0.383 e. The van der Waals surface area contributed by atoms with Gasteiger partial charge >= 0.3 is 0 Å². The first kappa shape index (κ1) is 13.9. The van der Waals surface area contributed by atoms with Gasteiger partial charge in [-0.1, -0.05) is 27.2 Å². The van der Waals surface area contributed by atoms with Crippen molar-refractivity contribution in [2.24, 2.45) is 5.92 Å². The molecule has 1 fully saturated rings. The molecule has 96 valence electrons. The van der Waals surface area contributed by atoms with E-state index < -0.39 is 0 Å². The Morgan fingerprint density at radius 1 is 1.38 bits per heavy atom. The Morgan fingerprint density at radius 3 is 2.69 bits per heavy atom. The smallest absolute Gasteiger partial charge is 0.0617 e. The Balaban J connectivity index is 2.48. The van der Waals surface area contributed by atoms with Crippen molar-refractivity contribution in [2.45, 2.75) is 45.7 Å². The maximum Gasteiger partial charge on any atom is 0.0617 e. The van der Waals surface area contributed by atoms with Gasteiger partial charge in [-0.05, 0) is 12.3 Å². The monoisotopic (exact) mass is 228 g/mol. The Morgan fingerprint density at radius 2 is 2.12 bits per heavy atom. The standard InChI is InChI=1S/C13H28N2O/c1-5-11(3)13-9-15(8-7-14-13)12(6-2)10-16-4/h11-14H,5-10H2,1-4H3. The molecule has 0 spiro atoms. The number of ether oxygens (including phenoxy) is 1. The van der Waals surface area contributed by atoms with E-state index in [4.69, 9.17) is 4.74 Å². The third-order valence-electron chi connectivity index (χ3n) is 3.91. The topological polar surface area (TPSA) is 24.5 Å². The molecule has 0 aromatic rings. The van der Waals surface area contributed by atoms with Crippen molar-refractivity contribution in [2.75, 3.05) is 33.4 Å². The number of hydrogen-bond donors (Lipinski definition) is 1. The Labute approximate surface area is 101 Å². The lowest BCUT2D eigenvalue weighted by Crippen LogP contribution is -2.56. The average Bonchev–Trinajstić information content (AvgIpc) is 2.35. The minimum absolute atomic E-state index is 0.596. The van der Waals surface area contributed by atoms with Crippen LogP contribution >= 0.6 is 0 Å². The van der Waals surface area contributed by atoms with E-state index in [1.807, 2.05) is 0 Å². The third-order valence-corrected chi connectivity index (χ3v) is 3.91. The van der Waals surface area contributed by atoms with Crippen LogP contribution in [0.4, 0.5) is 0 Å². The molecule has 0 saturated carbocycles. The third kappa shape index (κ3) is 3.72. The SMILES string of the molecule is CCC(C)C1CN(C(CC)COC)CCN1. The number of nitrogens with one attached hydrogen (secondary N) is 1. The van der Waals surface area contributed by atoms with Crippen molar-refractivity contribution >= 4 is 0 Å². The summed E-state index contributed by atoms with van der Waals surface area (Å²) < 4.78 is 5.31. The fourth-order valence-corrected chi connectivity index (χ4v) is 2.47. The lowest BCUT2D eigenvalue weighted by atomic mass is 9.96. The number of rotatable bonds is 6. The molecule has 3 nitrogen and oxygen atoms in total. The van der Waals surface area contributed by atoms with Crippen molar-refractivity contribution in [1.82, 2.24) is 10.2 Å². The number of piperazine rings is 1. The molecule has 0 radical (unpaired) electrons. The van der Waals surface area contributed by atoms with Crippen molar-refractivity contribution < 1.29 is 4.74 Å². The quantitative estimate of drug-likeness (QED) is 0.749. The molecule has 1 rings (SSSR count). The molecule has 16 heavy (non-hydrogen) atoms. The highest BCUT2D eigenvalue weighted by Crippen LogP contribution is 2.15. The summed E-state index contributed by atoms with van der Waals surface area (Å²) in [5.41, 5.74) is 0. The molecule has 1 N–H and O–H groups in total. The summed E-state index contributed by atoms with van der Waals surface area (Å²) in [4.78, 5) is 2.59. The van der Waals surface area contributed by atoms with Gasteiger partial charge in [0, 0.05) is 38.8 Å². The van der Waals surface area contributed by atoms with Crippen LogP contribution in [0.1, 0.15) is 33.6 Å². The zero-order valence-corrected chi connectivity index (χ0v) is 11.3. The summed E-state index contributed by atoms with van der Waals surface area (Å²) >= 11 is 0. The van der Waals surface area contributed by atoms with Gasteiger partial charge in [-0.2, -0.15) is 0 Å². The lowest BCUT2D eigenvalue weighted by Gasteiger charge is -2.40. The van der Waals surface area contributed by atoms with Gasteiger partial charge in [-0.25, -0.2) is 0 Å². The summed E-state index contributed by atoms with van der Waals surface area (Å²) in [5, 5.41) is 3.64. The normalized spacial score (nSPS) is 26.6. The molecule has 1 heterocycles. The molecule has 0 aliphatic carbocycles. The molecule has 1 saturated heterocycles. The molecule has 3 unspecified atom stereocenters. The number of hydrogen-bond acceptors (Lipinski definition) is 3. The van der Waals surface area contributed by atoms with Crippen LogP contribution in [0, 0.1) is 5.92 Å². The van der Waals surface area contributed by atoms with Gasteiger partial charge in [0.1, 0.15) is 0 Å². The maximum absolute atomic E-state index is 5.31. The molecule has 3 heteroatoms. The van der Waals surface area contributed by atoms with E-state index in [0.29, 0.717) is 12.1 Å². The highest BCUT2D eigenvalue weighted by Gasteiger charge is 2.26. The van der Waals surface area contributed by atoms with E-state index in [1.165, 1.54) is 19.4 Å². The predicted octanol–water partition coefficient (Wildman–Crippen LogP) is 1.73. The van der Waals surface area contributed by atoms with Gasteiger partial charge in [-0.15, -0.1) is 0 Å². The molecular weight excluding hydrogens is 200 g/mol. The molecule has 0 aromatic carbocycles. The van der Waals surface area contributed by atoms with Crippen LogP contribution in [-0.2, 0) is 4.74 Å². The molecule has 0 amide bonds. The second-order valence-electron chi connectivity index (χ2n) is 4.96. The van der Waals surface area contributed by atoms with Crippen LogP contribution < -0.4 is 5.32 Å². The Hall–Kier alpha value is -0.120. The fraction of sp³-hybridized carbons (Fsp3) is 1.00. The van der Waals surface area contributed by atoms with Crippen molar-refractivity contribution in [3.8, 4) is 0 Å². The van der Waals surface area contributed by atoms with E-state index in [2.05, 4.69) is 31.0 Å². The number of nitrogens with zero attached hydrogens (tertiary/aromatic N) is 1. The molecule has 0 bridgehead atoms. The highest BCUT2D eigenvalue weighted by atomic mass is 16.5. The Kier molecular flexibility index (Phi) is 6.32. The van der Waals surface area contributed by atoms with E-state index in [-0.39, 0.29) is 0 Å². The summed E-state index contributed by atoms with van der Waals surface area (Å²) in [7, 11) is 1.80. The summed E-state index contributed by atoms with van der Waals surface area (Å²) in [5.74, 6) is 0.767. The van der Waals surface area contributed by atoms with Crippen LogP contribution in [0.15, 0.2) is 0 Å². The summed E-state index contributed by atoms with van der Waals surface area (Å²) in [6.45, 7) is 11.2. The first-order valence-electron chi connectivity index (χ1n) is 6.69. The first-order valence-corrected chi connectivity index (χ1v) is 6.69. The predicted molar refractivity (Wildman–Crippen MR) is 68.8 cm³/mol. The maximum atomic E-state index is 5.31. The minimum atomic E-state index is 0.596. The molecule has 1 aliphatic heterocycles. The summed E-state index contributed by atoms with van der Waals surface area (Å²) in [6.07, 6.45) is 2.44. The van der Waals surface area contributed by atoms with Crippen LogP contribution in [-0.4, -0.2) is 50.3 Å². The van der Waals surface area contributed by atoms with Crippen molar-refractivity contribution in [1.29, 1.82) is 0 Å². The second-order valence-corrected chi connectivity index (χ2v) is 4.96. The van der Waals surface area contributed by atoms with Crippen molar-refractivity contribution in [3.63, 3.8) is 0 Å². The molecule has 1 aliphatic rings. The van der Waals surface area contributed by atoms with Gasteiger partial charge in [0.15, 0.2) is 0 Å². The van der Waals surface area contributed by atoms with Crippen LogP contribution in [0.5, 0.6) is 0 Å².